The lowest BCUT2D eigenvalue weighted by Gasteiger charge is -2.25. The van der Waals surface area contributed by atoms with Crippen LogP contribution in [0.3, 0.4) is 0 Å². The molecule has 0 amide bonds. The Bertz CT molecular complexity index is 2410. The molecule has 9 aromatic rings. The van der Waals surface area contributed by atoms with Crippen LogP contribution >= 0.6 is 0 Å². The number of rotatable bonds is 10. The van der Waals surface area contributed by atoms with Crippen LogP contribution in [0.5, 0.6) is 0 Å². The largest absolute Gasteiger partial charge is 0.456 e. The zero-order valence-electron chi connectivity index (χ0n) is 29.7. The Balaban J connectivity index is 0.962. The van der Waals surface area contributed by atoms with Gasteiger partial charge in [0.05, 0.1) is 23.8 Å². The van der Waals surface area contributed by atoms with Gasteiger partial charge < -0.3 is 14.2 Å². The molecule has 0 N–H and O–H groups in total. The summed E-state index contributed by atoms with van der Waals surface area (Å²) in [6.45, 7) is 0. The standard InChI is InChI=1S/C48H34N6O/c1-3-45(33-51-27-1)53(41-13-5-35(6-14-41)37-23-29-49-30-24-37)43-17-9-39(10-18-43)47-21-22-48(55-47)40-11-19-44(20-12-40)54(46-4-2-28-52-34-46)42-15-7-36(8-16-42)38-25-31-50-32-26-38/h1-34H. The summed E-state index contributed by atoms with van der Waals surface area (Å²) in [6, 6.07) is 54.1. The molecule has 0 saturated carbocycles. The minimum absolute atomic E-state index is 0.798. The third-order valence-electron chi connectivity index (χ3n) is 9.51. The molecule has 262 valence electrons. The molecule has 0 fully saturated rings. The number of nitrogens with zero attached hydrogens (tertiary/aromatic N) is 6. The van der Waals surface area contributed by atoms with Crippen LogP contribution in [0.15, 0.2) is 212 Å². The van der Waals surface area contributed by atoms with Gasteiger partial charge in [-0.25, -0.2) is 0 Å². The number of anilines is 6. The van der Waals surface area contributed by atoms with E-state index in [1.807, 2.05) is 85.7 Å². The van der Waals surface area contributed by atoms with E-state index >= 15 is 0 Å². The highest BCUT2D eigenvalue weighted by Gasteiger charge is 2.16. The van der Waals surface area contributed by atoms with Gasteiger partial charge in [-0.15, -0.1) is 0 Å². The van der Waals surface area contributed by atoms with Gasteiger partial charge in [0.15, 0.2) is 0 Å². The highest BCUT2D eigenvalue weighted by atomic mass is 16.3. The summed E-state index contributed by atoms with van der Waals surface area (Å²) >= 11 is 0. The fourth-order valence-corrected chi connectivity index (χ4v) is 6.76. The van der Waals surface area contributed by atoms with E-state index < -0.39 is 0 Å². The first-order chi connectivity index (χ1) is 27.3. The topological polar surface area (TPSA) is 71.2 Å². The molecule has 5 heterocycles. The summed E-state index contributed by atoms with van der Waals surface area (Å²) < 4.78 is 6.45. The number of pyridine rings is 4. The predicted molar refractivity (Wildman–Crippen MR) is 221 cm³/mol. The zero-order chi connectivity index (χ0) is 36.8. The van der Waals surface area contributed by atoms with Gasteiger partial charge in [-0.1, -0.05) is 24.3 Å². The second kappa shape index (κ2) is 15.1. The van der Waals surface area contributed by atoms with Gasteiger partial charge >= 0.3 is 0 Å². The Morgan fingerprint density at radius 1 is 0.273 bits per heavy atom. The van der Waals surface area contributed by atoms with E-state index in [4.69, 9.17) is 4.42 Å². The lowest BCUT2D eigenvalue weighted by molar-refractivity contribution is 0.597. The Labute approximate surface area is 319 Å². The Hall–Kier alpha value is -7.64. The molecule has 0 aliphatic rings. The molecule has 0 unspecified atom stereocenters. The van der Waals surface area contributed by atoms with Gasteiger partial charge in [0, 0.05) is 71.1 Å². The lowest BCUT2D eigenvalue weighted by Crippen LogP contribution is -2.10. The van der Waals surface area contributed by atoms with Crippen molar-refractivity contribution in [2.45, 2.75) is 0 Å². The smallest absolute Gasteiger partial charge is 0.134 e. The number of aromatic nitrogens is 4. The summed E-state index contributed by atoms with van der Waals surface area (Å²) in [5.41, 5.74) is 12.5. The zero-order valence-corrected chi connectivity index (χ0v) is 29.7. The van der Waals surface area contributed by atoms with Gasteiger partial charge in [0.2, 0.25) is 0 Å². The fourth-order valence-electron chi connectivity index (χ4n) is 6.76. The molecule has 0 atom stereocenters. The van der Waals surface area contributed by atoms with Crippen LogP contribution in [-0.2, 0) is 0 Å². The van der Waals surface area contributed by atoms with Crippen LogP contribution < -0.4 is 9.80 Å². The molecule has 0 radical (unpaired) electrons. The van der Waals surface area contributed by atoms with E-state index in [1.54, 1.807) is 12.4 Å². The van der Waals surface area contributed by atoms with E-state index in [0.29, 0.717) is 0 Å². The molecule has 55 heavy (non-hydrogen) atoms. The second-order valence-electron chi connectivity index (χ2n) is 12.9. The van der Waals surface area contributed by atoms with E-state index in [-0.39, 0.29) is 0 Å². The molecule has 0 aliphatic carbocycles. The third-order valence-corrected chi connectivity index (χ3v) is 9.51. The molecular weight excluding hydrogens is 677 g/mol. The number of hydrogen-bond donors (Lipinski definition) is 0. The van der Waals surface area contributed by atoms with E-state index in [1.165, 1.54) is 0 Å². The summed E-state index contributed by atoms with van der Waals surface area (Å²) in [7, 11) is 0. The van der Waals surface area contributed by atoms with Gasteiger partial charge in [-0.05, 0) is 156 Å². The van der Waals surface area contributed by atoms with Gasteiger partial charge in [-0.2, -0.15) is 0 Å². The van der Waals surface area contributed by atoms with Crippen molar-refractivity contribution >= 4 is 34.1 Å². The number of benzene rings is 4. The maximum absolute atomic E-state index is 6.45. The van der Waals surface area contributed by atoms with Gasteiger partial charge in [0.25, 0.3) is 0 Å². The van der Waals surface area contributed by atoms with Crippen LogP contribution in [0, 0.1) is 0 Å². The second-order valence-corrected chi connectivity index (χ2v) is 12.9. The average Bonchev–Trinajstić information content (AvgIpc) is 3.77. The SMILES string of the molecule is c1cncc(N(c2ccc(-c3ccncc3)cc2)c2ccc(-c3ccc(-c4ccc(N(c5ccc(-c6ccncc6)cc5)c5cccnc5)cc4)o3)cc2)c1. The molecule has 4 aromatic carbocycles. The van der Waals surface area contributed by atoms with Crippen molar-refractivity contribution in [1.82, 2.24) is 19.9 Å². The van der Waals surface area contributed by atoms with Crippen LogP contribution in [-0.4, -0.2) is 19.9 Å². The first kappa shape index (κ1) is 33.2. The fraction of sp³-hybridized carbons (Fsp3) is 0. The molecule has 0 bridgehead atoms. The van der Waals surface area contributed by atoms with E-state index in [0.717, 1.165) is 79.0 Å². The van der Waals surface area contributed by atoms with Crippen molar-refractivity contribution in [2.75, 3.05) is 9.80 Å². The molecule has 5 aromatic heterocycles. The Morgan fingerprint density at radius 2 is 0.600 bits per heavy atom. The van der Waals surface area contributed by atoms with Gasteiger partial charge in [-0.3, -0.25) is 19.9 Å². The van der Waals surface area contributed by atoms with Crippen molar-refractivity contribution in [1.29, 1.82) is 0 Å². The molecule has 0 aliphatic heterocycles. The van der Waals surface area contributed by atoms with Crippen LogP contribution in [0.4, 0.5) is 34.1 Å². The maximum Gasteiger partial charge on any atom is 0.134 e. The summed E-state index contributed by atoms with van der Waals surface area (Å²) in [4.78, 5) is 21.5. The highest BCUT2D eigenvalue weighted by molar-refractivity contribution is 5.81. The summed E-state index contributed by atoms with van der Waals surface area (Å²) in [5.74, 6) is 1.60. The van der Waals surface area contributed by atoms with Crippen molar-refractivity contribution in [3.8, 4) is 44.9 Å². The summed E-state index contributed by atoms with van der Waals surface area (Å²) in [5, 5.41) is 0. The van der Waals surface area contributed by atoms with Crippen molar-refractivity contribution < 1.29 is 4.42 Å². The minimum Gasteiger partial charge on any atom is -0.456 e. The first-order valence-electron chi connectivity index (χ1n) is 18.0. The quantitative estimate of drug-likeness (QED) is 0.140. The van der Waals surface area contributed by atoms with Crippen LogP contribution in [0.1, 0.15) is 0 Å². The lowest BCUT2D eigenvalue weighted by atomic mass is 10.1. The van der Waals surface area contributed by atoms with Crippen molar-refractivity contribution in [2.24, 2.45) is 0 Å². The molecule has 0 spiro atoms. The van der Waals surface area contributed by atoms with Crippen molar-refractivity contribution in [3.63, 3.8) is 0 Å². The highest BCUT2D eigenvalue weighted by Crippen LogP contribution is 2.39. The van der Waals surface area contributed by atoms with Crippen LogP contribution in [0.2, 0.25) is 0 Å². The first-order valence-corrected chi connectivity index (χ1v) is 18.0. The Kier molecular flexibility index (Phi) is 9.15. The number of furan rings is 1. The molecule has 7 nitrogen and oxygen atoms in total. The summed E-state index contributed by atoms with van der Waals surface area (Å²) in [6.07, 6.45) is 14.6. The average molecular weight is 711 g/mol. The maximum atomic E-state index is 6.45. The van der Waals surface area contributed by atoms with E-state index in [9.17, 15) is 0 Å². The van der Waals surface area contributed by atoms with Gasteiger partial charge in [0.1, 0.15) is 11.5 Å². The van der Waals surface area contributed by atoms with Crippen LogP contribution in [0.25, 0.3) is 44.9 Å². The normalized spacial score (nSPS) is 10.9. The minimum atomic E-state index is 0.798. The predicted octanol–water partition coefficient (Wildman–Crippen LogP) is 12.5. The monoisotopic (exact) mass is 710 g/mol. The molecular formula is C48H34N6O. The van der Waals surface area contributed by atoms with E-state index in [2.05, 4.69) is 139 Å². The molecule has 7 heteroatoms. The Morgan fingerprint density at radius 3 is 0.927 bits per heavy atom. The molecule has 9 rings (SSSR count). The third kappa shape index (κ3) is 7.10. The van der Waals surface area contributed by atoms with Crippen molar-refractivity contribution in [3.05, 3.63) is 207 Å². The number of hydrogen-bond acceptors (Lipinski definition) is 7. The molecule has 0 saturated heterocycles.